The molecule has 2 aromatic heterocycles. The fourth-order valence-electron chi connectivity index (χ4n) is 3.26. The summed E-state index contributed by atoms with van der Waals surface area (Å²) in [6.45, 7) is 1.23. The summed E-state index contributed by atoms with van der Waals surface area (Å²) in [5.74, 6) is -0.0339. The monoisotopic (exact) mass is 388 g/mol. The lowest BCUT2D eigenvalue weighted by molar-refractivity contribution is -0.117. The van der Waals surface area contributed by atoms with Crippen LogP contribution in [0.25, 0.3) is 0 Å². The maximum atomic E-state index is 12.6. The number of carbonyl (C=O) groups is 1. The second-order valence-corrected chi connectivity index (χ2v) is 8.35. The predicted octanol–water partition coefficient (Wildman–Crippen LogP) is 5.05. The van der Waals surface area contributed by atoms with Crippen molar-refractivity contribution in [1.29, 1.82) is 0 Å². The van der Waals surface area contributed by atoms with Gasteiger partial charge in [-0.15, -0.1) is 22.7 Å². The maximum absolute atomic E-state index is 12.6. The molecule has 0 spiro atoms. The first-order valence-electron chi connectivity index (χ1n) is 8.10. The molecule has 1 aliphatic heterocycles. The number of halogens is 1. The number of carbonyl (C=O) groups excluding carboxylic acids is 1. The van der Waals surface area contributed by atoms with E-state index in [0.29, 0.717) is 17.3 Å². The number of hydrogen-bond acceptors (Lipinski definition) is 4. The van der Waals surface area contributed by atoms with Gasteiger partial charge in [-0.25, -0.2) is 0 Å². The zero-order chi connectivity index (χ0) is 17.2. The number of nitrogens with zero attached hydrogens (tertiary/aromatic N) is 1. The molecule has 0 radical (unpaired) electrons. The molecule has 1 atom stereocenters. The third-order valence-corrected chi connectivity index (χ3v) is 6.62. The van der Waals surface area contributed by atoms with Crippen LogP contribution in [0.15, 0.2) is 53.2 Å². The fourth-order valence-corrected chi connectivity index (χ4v) is 5.22. The van der Waals surface area contributed by atoms with E-state index < -0.39 is 0 Å². The Morgan fingerprint density at radius 1 is 1.16 bits per heavy atom. The van der Waals surface area contributed by atoms with Crippen LogP contribution in [0.4, 0.5) is 5.69 Å². The molecule has 1 aliphatic rings. The van der Waals surface area contributed by atoms with Gasteiger partial charge in [0.2, 0.25) is 5.91 Å². The smallest absolute Gasteiger partial charge is 0.238 e. The fraction of sp³-hybridized carbons (Fsp3) is 0.211. The third-order valence-electron chi connectivity index (χ3n) is 4.37. The van der Waals surface area contributed by atoms with Crippen LogP contribution in [0.3, 0.4) is 0 Å². The Bertz CT molecular complexity index is 875. The summed E-state index contributed by atoms with van der Waals surface area (Å²) in [4.78, 5) is 17.6. The number of thiophene rings is 2. The van der Waals surface area contributed by atoms with E-state index in [1.54, 1.807) is 17.4 Å². The van der Waals surface area contributed by atoms with Gasteiger partial charge in [-0.3, -0.25) is 9.69 Å². The van der Waals surface area contributed by atoms with Gasteiger partial charge >= 0.3 is 0 Å². The second-order valence-electron chi connectivity index (χ2n) is 5.97. The van der Waals surface area contributed by atoms with Crippen molar-refractivity contribution in [3.8, 4) is 0 Å². The molecule has 0 unspecified atom stereocenters. The molecular weight excluding hydrogens is 372 g/mol. The molecule has 0 bridgehead atoms. The molecule has 1 amide bonds. The highest BCUT2D eigenvalue weighted by Gasteiger charge is 2.31. The molecular formula is C19H17ClN2OS2. The molecule has 3 aromatic rings. The molecule has 0 fully saturated rings. The van der Waals surface area contributed by atoms with E-state index in [1.807, 2.05) is 29.5 Å². The Balaban J connectivity index is 1.55. The summed E-state index contributed by atoms with van der Waals surface area (Å²) in [6.07, 6.45) is 0.994. The van der Waals surface area contributed by atoms with E-state index in [0.717, 1.165) is 13.0 Å². The first kappa shape index (κ1) is 16.8. The molecule has 1 aromatic carbocycles. The van der Waals surface area contributed by atoms with Crippen LogP contribution in [0.5, 0.6) is 0 Å². The van der Waals surface area contributed by atoms with Crippen LogP contribution in [-0.4, -0.2) is 23.9 Å². The summed E-state index contributed by atoms with van der Waals surface area (Å²) in [5.41, 5.74) is 2.00. The molecule has 3 nitrogen and oxygen atoms in total. The van der Waals surface area contributed by atoms with E-state index >= 15 is 0 Å². The highest BCUT2D eigenvalue weighted by Crippen LogP contribution is 2.39. The van der Waals surface area contributed by atoms with Crippen molar-refractivity contribution in [2.75, 3.05) is 18.4 Å². The van der Waals surface area contributed by atoms with E-state index in [4.69, 9.17) is 11.6 Å². The molecule has 1 N–H and O–H groups in total. The van der Waals surface area contributed by atoms with Crippen molar-refractivity contribution in [1.82, 2.24) is 4.90 Å². The quantitative estimate of drug-likeness (QED) is 0.678. The first-order chi connectivity index (χ1) is 12.2. The molecule has 25 heavy (non-hydrogen) atoms. The SMILES string of the molecule is O=C(CN1CCc2sccc2[C@H]1c1cccs1)Nc1ccccc1Cl. The largest absolute Gasteiger partial charge is 0.324 e. The summed E-state index contributed by atoms with van der Waals surface area (Å²) in [6, 6.07) is 13.9. The van der Waals surface area contributed by atoms with E-state index in [-0.39, 0.29) is 11.9 Å². The topological polar surface area (TPSA) is 32.3 Å². The zero-order valence-corrected chi connectivity index (χ0v) is 15.8. The van der Waals surface area contributed by atoms with Gasteiger partial charge in [0.1, 0.15) is 0 Å². The molecule has 6 heteroatoms. The number of hydrogen-bond donors (Lipinski definition) is 1. The van der Waals surface area contributed by atoms with Crippen LogP contribution in [0.2, 0.25) is 5.02 Å². The normalized spacial score (nSPS) is 17.2. The van der Waals surface area contributed by atoms with Gasteiger partial charge in [0.05, 0.1) is 23.3 Å². The van der Waals surface area contributed by atoms with Gasteiger partial charge < -0.3 is 5.32 Å². The highest BCUT2D eigenvalue weighted by atomic mass is 35.5. The third kappa shape index (κ3) is 3.51. The van der Waals surface area contributed by atoms with E-state index in [2.05, 4.69) is 39.2 Å². The van der Waals surface area contributed by atoms with E-state index in [1.165, 1.54) is 15.3 Å². The van der Waals surface area contributed by atoms with Crippen LogP contribution >= 0.6 is 34.3 Å². The Hall–Kier alpha value is -1.66. The minimum atomic E-state index is -0.0339. The van der Waals surface area contributed by atoms with Gasteiger partial charge in [-0.1, -0.05) is 29.8 Å². The molecule has 128 valence electrons. The molecule has 3 heterocycles. The standard InChI is InChI=1S/C19H17ClN2OS2/c20-14-4-1-2-5-15(14)21-18(23)12-22-9-7-16-13(8-11-25-16)19(22)17-6-3-10-24-17/h1-6,8,10-11,19H,7,9,12H2,(H,21,23)/t19-/m0/s1. The lowest BCUT2D eigenvalue weighted by Crippen LogP contribution is -2.40. The zero-order valence-electron chi connectivity index (χ0n) is 13.4. The Morgan fingerprint density at radius 3 is 2.84 bits per heavy atom. The Morgan fingerprint density at radius 2 is 2.04 bits per heavy atom. The molecule has 0 saturated carbocycles. The average Bonchev–Trinajstić information content (AvgIpc) is 3.28. The highest BCUT2D eigenvalue weighted by molar-refractivity contribution is 7.10. The van der Waals surface area contributed by atoms with Crippen LogP contribution in [0, 0.1) is 0 Å². The molecule has 0 saturated heterocycles. The van der Waals surface area contributed by atoms with Gasteiger partial charge in [0, 0.05) is 16.3 Å². The number of rotatable bonds is 4. The van der Waals surface area contributed by atoms with Gasteiger partial charge in [0.25, 0.3) is 0 Å². The summed E-state index contributed by atoms with van der Waals surface area (Å²) >= 11 is 9.70. The molecule has 0 aliphatic carbocycles. The number of fused-ring (bicyclic) bond motifs is 1. The number of para-hydroxylation sites is 1. The van der Waals surface area contributed by atoms with Crippen molar-refractivity contribution >= 4 is 45.9 Å². The first-order valence-corrected chi connectivity index (χ1v) is 10.2. The predicted molar refractivity (Wildman–Crippen MR) is 106 cm³/mol. The van der Waals surface area contributed by atoms with Crippen molar-refractivity contribution in [3.63, 3.8) is 0 Å². The Kier molecular flexibility index (Phi) is 4.90. The lowest BCUT2D eigenvalue weighted by Gasteiger charge is -2.34. The number of benzene rings is 1. The van der Waals surface area contributed by atoms with Crippen molar-refractivity contribution in [2.45, 2.75) is 12.5 Å². The van der Waals surface area contributed by atoms with Gasteiger partial charge in [-0.05, 0) is 47.0 Å². The summed E-state index contributed by atoms with van der Waals surface area (Å²) < 4.78 is 0. The number of anilines is 1. The van der Waals surface area contributed by atoms with Crippen LogP contribution < -0.4 is 5.32 Å². The van der Waals surface area contributed by atoms with Crippen molar-refractivity contribution < 1.29 is 4.79 Å². The molecule has 4 rings (SSSR count). The van der Waals surface area contributed by atoms with Gasteiger partial charge in [0.15, 0.2) is 0 Å². The van der Waals surface area contributed by atoms with Gasteiger partial charge in [-0.2, -0.15) is 0 Å². The summed E-state index contributed by atoms with van der Waals surface area (Å²) in [7, 11) is 0. The van der Waals surface area contributed by atoms with E-state index in [9.17, 15) is 4.79 Å². The minimum Gasteiger partial charge on any atom is -0.324 e. The van der Waals surface area contributed by atoms with Crippen LogP contribution in [0.1, 0.15) is 21.4 Å². The van der Waals surface area contributed by atoms with Crippen molar-refractivity contribution in [3.05, 3.63) is 73.6 Å². The maximum Gasteiger partial charge on any atom is 0.238 e. The van der Waals surface area contributed by atoms with Crippen LogP contribution in [-0.2, 0) is 11.2 Å². The minimum absolute atomic E-state index is 0.0339. The Labute approximate surface area is 159 Å². The van der Waals surface area contributed by atoms with Crippen molar-refractivity contribution in [2.24, 2.45) is 0 Å². The number of nitrogens with one attached hydrogen (secondary N) is 1. The average molecular weight is 389 g/mol. The summed E-state index contributed by atoms with van der Waals surface area (Å²) in [5, 5.41) is 7.74. The number of amides is 1. The second kappa shape index (κ2) is 7.30. The lowest BCUT2D eigenvalue weighted by atomic mass is 9.98.